The molecule has 2 heterocycles. The highest BCUT2D eigenvalue weighted by Gasteiger charge is 1.98. The Balaban J connectivity index is 1.98. The van der Waals surface area contributed by atoms with Crippen molar-refractivity contribution in [2.24, 2.45) is 0 Å². The number of nitrogens with zero attached hydrogens (tertiary/aromatic N) is 1. The molecule has 1 N–H and O–H groups in total. The molecule has 2 rings (SSSR count). The molecule has 86 valence electrons. The van der Waals surface area contributed by atoms with Crippen LogP contribution < -0.4 is 5.32 Å². The van der Waals surface area contributed by atoms with Gasteiger partial charge in [0.15, 0.2) is 0 Å². The molecule has 4 nitrogen and oxygen atoms in total. The normalized spacial score (nSPS) is 10.6. The zero-order valence-electron chi connectivity index (χ0n) is 9.38. The van der Waals surface area contributed by atoms with Gasteiger partial charge in [0, 0.05) is 23.7 Å². The van der Waals surface area contributed by atoms with Crippen molar-refractivity contribution in [1.29, 1.82) is 0 Å². The van der Waals surface area contributed by atoms with Gasteiger partial charge in [0.05, 0.1) is 6.26 Å². The quantitative estimate of drug-likeness (QED) is 0.821. The van der Waals surface area contributed by atoms with E-state index in [1.807, 2.05) is 6.92 Å². The van der Waals surface area contributed by atoms with Crippen LogP contribution in [0.15, 0.2) is 47.2 Å². The number of hydrogen-bond donors (Lipinski definition) is 1. The number of furan rings is 1. The molecule has 17 heavy (non-hydrogen) atoms. The molecule has 0 aromatic carbocycles. The summed E-state index contributed by atoms with van der Waals surface area (Å²) < 4.78 is 5.08. The van der Waals surface area contributed by atoms with Gasteiger partial charge < -0.3 is 9.73 Å². The second-order valence-corrected chi connectivity index (χ2v) is 3.52. The van der Waals surface area contributed by atoms with Gasteiger partial charge in [0.1, 0.15) is 5.76 Å². The first-order valence-electron chi connectivity index (χ1n) is 5.19. The highest BCUT2D eigenvalue weighted by molar-refractivity contribution is 6.01. The first-order valence-corrected chi connectivity index (χ1v) is 5.19. The summed E-state index contributed by atoms with van der Waals surface area (Å²) in [6, 6.07) is 7.09. The van der Waals surface area contributed by atoms with Gasteiger partial charge >= 0.3 is 0 Å². The first-order chi connectivity index (χ1) is 8.24. The summed E-state index contributed by atoms with van der Waals surface area (Å²) in [5.41, 5.74) is 1.59. The van der Waals surface area contributed by atoms with Crippen molar-refractivity contribution in [2.75, 3.05) is 5.32 Å². The number of rotatable bonds is 3. The van der Waals surface area contributed by atoms with Crippen LogP contribution in [0, 0.1) is 6.92 Å². The molecule has 0 aliphatic rings. The van der Waals surface area contributed by atoms with Gasteiger partial charge in [-0.05, 0) is 37.3 Å². The van der Waals surface area contributed by atoms with Crippen LogP contribution in [0.2, 0.25) is 0 Å². The second-order valence-electron chi connectivity index (χ2n) is 3.52. The maximum absolute atomic E-state index is 11.6. The fourth-order valence-corrected chi connectivity index (χ4v) is 1.35. The van der Waals surface area contributed by atoms with Crippen LogP contribution in [0.4, 0.5) is 5.69 Å². The van der Waals surface area contributed by atoms with Crippen LogP contribution in [-0.4, -0.2) is 10.9 Å². The molecule has 0 unspecified atom stereocenters. The number of carbonyl (C=O) groups is 1. The Morgan fingerprint density at radius 3 is 3.06 bits per heavy atom. The molecule has 0 aliphatic heterocycles. The molecule has 0 bridgehead atoms. The van der Waals surface area contributed by atoms with E-state index < -0.39 is 0 Å². The average molecular weight is 228 g/mol. The third kappa shape index (κ3) is 3.31. The van der Waals surface area contributed by atoms with E-state index in [4.69, 9.17) is 4.42 Å². The fourth-order valence-electron chi connectivity index (χ4n) is 1.35. The highest BCUT2D eigenvalue weighted by atomic mass is 16.3. The first kappa shape index (κ1) is 11.1. The third-order valence-corrected chi connectivity index (χ3v) is 2.11. The van der Waals surface area contributed by atoms with Crippen molar-refractivity contribution in [1.82, 2.24) is 4.98 Å². The van der Waals surface area contributed by atoms with Crippen LogP contribution in [0.5, 0.6) is 0 Å². The van der Waals surface area contributed by atoms with Crippen LogP contribution in [0.1, 0.15) is 11.5 Å². The number of aromatic nitrogens is 1. The molecule has 0 spiro atoms. The van der Waals surface area contributed by atoms with Gasteiger partial charge in [-0.3, -0.25) is 9.78 Å². The maximum atomic E-state index is 11.6. The van der Waals surface area contributed by atoms with Crippen LogP contribution >= 0.6 is 0 Å². The van der Waals surface area contributed by atoms with E-state index in [0.717, 1.165) is 11.4 Å². The van der Waals surface area contributed by atoms with E-state index in [1.54, 1.807) is 42.8 Å². The highest BCUT2D eigenvalue weighted by Crippen LogP contribution is 2.07. The molecular weight excluding hydrogens is 216 g/mol. The van der Waals surface area contributed by atoms with E-state index in [9.17, 15) is 4.79 Å². The summed E-state index contributed by atoms with van der Waals surface area (Å²) in [4.78, 5) is 15.6. The molecule has 0 fully saturated rings. The molecule has 0 aliphatic carbocycles. The Labute approximate surface area is 99.0 Å². The number of amides is 1. The summed E-state index contributed by atoms with van der Waals surface area (Å²) >= 11 is 0. The number of hydrogen-bond acceptors (Lipinski definition) is 3. The largest absolute Gasteiger partial charge is 0.465 e. The van der Waals surface area contributed by atoms with E-state index in [1.165, 1.54) is 6.08 Å². The van der Waals surface area contributed by atoms with E-state index >= 15 is 0 Å². The summed E-state index contributed by atoms with van der Waals surface area (Å²) in [5, 5.41) is 2.74. The minimum absolute atomic E-state index is 0.202. The predicted octanol–water partition coefficient (Wildman–Crippen LogP) is 2.63. The lowest BCUT2D eigenvalue weighted by atomic mass is 10.3. The van der Waals surface area contributed by atoms with Crippen molar-refractivity contribution in [3.8, 4) is 0 Å². The Hall–Kier alpha value is -2.36. The average Bonchev–Trinajstić information content (AvgIpc) is 2.79. The fraction of sp³-hybridized carbons (Fsp3) is 0.0769. The summed E-state index contributed by atoms with van der Waals surface area (Å²) in [6.07, 6.45) is 6.25. The summed E-state index contributed by atoms with van der Waals surface area (Å²) in [6.45, 7) is 1.87. The van der Waals surface area contributed by atoms with Crippen LogP contribution in [0.3, 0.4) is 0 Å². The molecule has 1 amide bonds. The van der Waals surface area contributed by atoms with Crippen molar-refractivity contribution in [3.05, 3.63) is 54.3 Å². The van der Waals surface area contributed by atoms with Gasteiger partial charge in [0.2, 0.25) is 5.91 Å². The van der Waals surface area contributed by atoms with Crippen molar-refractivity contribution >= 4 is 17.7 Å². The number of pyridine rings is 1. The molecule has 0 saturated heterocycles. The Morgan fingerprint density at radius 2 is 2.35 bits per heavy atom. The molecular formula is C13H12N2O2. The van der Waals surface area contributed by atoms with E-state index in [2.05, 4.69) is 10.3 Å². The predicted molar refractivity (Wildman–Crippen MR) is 65.3 cm³/mol. The van der Waals surface area contributed by atoms with Gasteiger partial charge in [-0.1, -0.05) is 0 Å². The summed E-state index contributed by atoms with van der Waals surface area (Å²) in [7, 11) is 0. The standard InChI is InChI=1S/C13H12N2O2/c1-10-9-11(6-7-14-10)15-13(16)5-4-12-3-2-8-17-12/h2-9H,1H3,(H,14,15,16)/b5-4-. The lowest BCUT2D eigenvalue weighted by molar-refractivity contribution is -0.111. The lowest BCUT2D eigenvalue weighted by Gasteiger charge is -2.01. The van der Waals surface area contributed by atoms with Gasteiger partial charge in [-0.25, -0.2) is 0 Å². The maximum Gasteiger partial charge on any atom is 0.248 e. The Kier molecular flexibility index (Phi) is 3.35. The van der Waals surface area contributed by atoms with Crippen molar-refractivity contribution < 1.29 is 9.21 Å². The Morgan fingerprint density at radius 1 is 1.47 bits per heavy atom. The minimum Gasteiger partial charge on any atom is -0.465 e. The molecule has 0 atom stereocenters. The lowest BCUT2D eigenvalue weighted by Crippen LogP contribution is -2.07. The number of nitrogens with one attached hydrogen (secondary N) is 1. The SMILES string of the molecule is Cc1cc(NC(=O)/C=C\c2ccco2)ccn1. The smallest absolute Gasteiger partial charge is 0.248 e. The Bertz CT molecular complexity index is 530. The van der Waals surface area contributed by atoms with Crippen molar-refractivity contribution in [2.45, 2.75) is 6.92 Å². The van der Waals surface area contributed by atoms with E-state index in [0.29, 0.717) is 5.76 Å². The minimum atomic E-state index is -0.202. The topological polar surface area (TPSA) is 55.1 Å². The van der Waals surface area contributed by atoms with Gasteiger partial charge in [-0.15, -0.1) is 0 Å². The molecule has 2 aromatic heterocycles. The van der Waals surface area contributed by atoms with Gasteiger partial charge in [-0.2, -0.15) is 0 Å². The molecule has 2 aromatic rings. The number of carbonyl (C=O) groups excluding carboxylic acids is 1. The number of aryl methyl sites for hydroxylation is 1. The van der Waals surface area contributed by atoms with E-state index in [-0.39, 0.29) is 5.91 Å². The summed E-state index contributed by atoms with van der Waals surface area (Å²) in [5.74, 6) is 0.443. The van der Waals surface area contributed by atoms with Crippen molar-refractivity contribution in [3.63, 3.8) is 0 Å². The zero-order valence-corrected chi connectivity index (χ0v) is 9.38. The molecule has 4 heteroatoms. The number of anilines is 1. The second kappa shape index (κ2) is 5.12. The molecule has 0 radical (unpaired) electrons. The molecule has 0 saturated carbocycles. The zero-order chi connectivity index (χ0) is 12.1. The van der Waals surface area contributed by atoms with Crippen LogP contribution in [0.25, 0.3) is 6.08 Å². The van der Waals surface area contributed by atoms with Gasteiger partial charge in [0.25, 0.3) is 0 Å². The monoisotopic (exact) mass is 228 g/mol. The third-order valence-electron chi connectivity index (χ3n) is 2.11. The van der Waals surface area contributed by atoms with Crippen LogP contribution in [-0.2, 0) is 4.79 Å².